The first-order chi connectivity index (χ1) is 20.5. The van der Waals surface area contributed by atoms with Gasteiger partial charge in [-0.2, -0.15) is 28.3 Å². The summed E-state index contributed by atoms with van der Waals surface area (Å²) >= 11 is 0. The zero-order chi connectivity index (χ0) is 31.4. The predicted octanol–water partition coefficient (Wildman–Crippen LogP) is 7.73. The van der Waals surface area contributed by atoms with Gasteiger partial charge in [0.15, 0.2) is 0 Å². The predicted molar refractivity (Wildman–Crippen MR) is 155 cm³/mol. The van der Waals surface area contributed by atoms with Crippen LogP contribution < -0.4 is 0 Å². The summed E-state index contributed by atoms with van der Waals surface area (Å²) in [4.78, 5) is 30.6. The summed E-state index contributed by atoms with van der Waals surface area (Å²) in [6, 6.07) is 16.5. The maximum Gasteiger partial charge on any atom is 0.335 e. The summed E-state index contributed by atoms with van der Waals surface area (Å²) in [6.07, 6.45) is 11.2. The molecular weight excluding hydrogens is 609 g/mol. The molecule has 3 N–H and O–H groups in total. The fourth-order valence-electron chi connectivity index (χ4n) is 4.85. The van der Waals surface area contributed by atoms with Gasteiger partial charge in [0.2, 0.25) is 0 Å². The van der Waals surface area contributed by atoms with Crippen molar-refractivity contribution in [3.63, 3.8) is 0 Å². The molecule has 0 heterocycles. The average molecular weight is 641 g/mol. The van der Waals surface area contributed by atoms with Gasteiger partial charge in [-0.05, 0) is 72.8 Å². The Kier molecular flexibility index (Phi) is 14.7. The molecule has 0 amide bonds. The summed E-state index contributed by atoms with van der Waals surface area (Å²) < 4.78 is 36.5. The number of aromatic carboxylic acids is 3. The molecule has 0 fully saturated rings. The molecule has 0 bridgehead atoms. The second-order valence-electron chi connectivity index (χ2n) is 10.0. The van der Waals surface area contributed by atoms with Crippen molar-refractivity contribution in [2.75, 3.05) is 0 Å². The van der Waals surface area contributed by atoms with Gasteiger partial charge in [0.05, 0.1) is 16.7 Å². The van der Waals surface area contributed by atoms with Crippen molar-refractivity contribution in [1.82, 2.24) is 0 Å². The SMILES string of the molecule is O=C(O)c1ccc(F)cc1.O=C(O)c1ccc(F)cc1.O=C(O)c1ccc(F)cc1.[Ti].[cH-]1c2c(c3c1CCCC3)CCCC2. The minimum atomic E-state index is -1.04. The van der Waals surface area contributed by atoms with Crippen LogP contribution in [-0.4, -0.2) is 33.2 Å². The van der Waals surface area contributed by atoms with Gasteiger partial charge in [-0.25, -0.2) is 27.6 Å². The average Bonchev–Trinajstić information content (AvgIpc) is 3.38. The molecule has 0 saturated heterocycles. The van der Waals surface area contributed by atoms with E-state index in [0.29, 0.717) is 0 Å². The fraction of sp³-hybridized carbons (Fsp3) is 0.235. The van der Waals surface area contributed by atoms with Crippen LogP contribution >= 0.6 is 0 Å². The molecule has 0 aliphatic heterocycles. The van der Waals surface area contributed by atoms with Crippen molar-refractivity contribution in [2.24, 2.45) is 0 Å². The molecule has 0 saturated carbocycles. The molecule has 0 radical (unpaired) electrons. The van der Waals surface area contributed by atoms with E-state index in [4.69, 9.17) is 15.3 Å². The zero-order valence-corrected chi connectivity index (χ0v) is 25.4. The van der Waals surface area contributed by atoms with Gasteiger partial charge in [0.25, 0.3) is 0 Å². The number of hydrogen-bond donors (Lipinski definition) is 3. The van der Waals surface area contributed by atoms with E-state index in [1.165, 1.54) is 87.8 Å². The maximum atomic E-state index is 12.2. The molecule has 4 aromatic carbocycles. The van der Waals surface area contributed by atoms with Gasteiger partial charge in [-0.15, -0.1) is 0 Å². The Balaban J connectivity index is 0.000000205. The van der Waals surface area contributed by atoms with Crippen LogP contribution in [0, 0.1) is 17.5 Å². The molecule has 0 atom stereocenters. The summed E-state index contributed by atoms with van der Waals surface area (Å²) in [5.41, 5.74) is 7.24. The Labute approximate surface area is 268 Å². The molecule has 230 valence electrons. The molecule has 0 aromatic heterocycles. The number of halogens is 3. The van der Waals surface area contributed by atoms with E-state index in [1.54, 1.807) is 22.3 Å². The van der Waals surface area contributed by atoms with Crippen molar-refractivity contribution in [2.45, 2.75) is 51.4 Å². The van der Waals surface area contributed by atoms with E-state index in [0.717, 1.165) is 36.4 Å². The summed E-state index contributed by atoms with van der Waals surface area (Å²) in [6.45, 7) is 0. The molecule has 10 heteroatoms. The Bertz CT molecular complexity index is 1350. The van der Waals surface area contributed by atoms with Crippen LogP contribution in [0.25, 0.3) is 0 Å². The van der Waals surface area contributed by atoms with Gasteiger partial charge >= 0.3 is 17.9 Å². The van der Waals surface area contributed by atoms with Gasteiger partial charge in [-0.3, -0.25) is 0 Å². The second kappa shape index (κ2) is 17.9. The van der Waals surface area contributed by atoms with Crippen molar-refractivity contribution < 1.29 is 64.6 Å². The Morgan fingerprint density at radius 3 is 0.977 bits per heavy atom. The largest absolute Gasteiger partial charge is 0.478 e. The van der Waals surface area contributed by atoms with Gasteiger partial charge < -0.3 is 15.3 Å². The van der Waals surface area contributed by atoms with Gasteiger partial charge in [0, 0.05) is 21.7 Å². The van der Waals surface area contributed by atoms with E-state index in [1.807, 2.05) is 0 Å². The van der Waals surface area contributed by atoms with Crippen LogP contribution in [-0.2, 0) is 47.4 Å². The number of carbonyl (C=O) groups is 3. The van der Waals surface area contributed by atoms with E-state index in [9.17, 15) is 27.6 Å². The molecule has 6 rings (SSSR count). The Hall–Kier alpha value is -4.08. The number of carboxylic acids is 3. The van der Waals surface area contributed by atoms with Crippen LogP contribution in [0.4, 0.5) is 13.2 Å². The van der Waals surface area contributed by atoms with E-state index in [-0.39, 0.29) is 38.4 Å². The van der Waals surface area contributed by atoms with Crippen molar-refractivity contribution >= 4 is 17.9 Å². The maximum absolute atomic E-state index is 12.2. The third-order valence-corrected chi connectivity index (χ3v) is 7.01. The van der Waals surface area contributed by atoms with Crippen molar-refractivity contribution in [3.05, 3.63) is 135 Å². The normalized spacial score (nSPS) is 12.5. The summed E-state index contributed by atoms with van der Waals surface area (Å²) in [5.74, 6) is -4.40. The first kappa shape index (κ1) is 36.1. The monoisotopic (exact) mass is 641 g/mol. The minimum Gasteiger partial charge on any atom is -0.478 e. The number of hydrogen-bond acceptors (Lipinski definition) is 3. The van der Waals surface area contributed by atoms with Crippen LogP contribution in [0.3, 0.4) is 0 Å². The van der Waals surface area contributed by atoms with E-state index in [2.05, 4.69) is 6.07 Å². The van der Waals surface area contributed by atoms with Crippen LogP contribution in [0.2, 0.25) is 0 Å². The van der Waals surface area contributed by atoms with Crippen LogP contribution in [0.5, 0.6) is 0 Å². The van der Waals surface area contributed by atoms with Crippen LogP contribution in [0.15, 0.2) is 78.9 Å². The second-order valence-corrected chi connectivity index (χ2v) is 10.0. The first-order valence-electron chi connectivity index (χ1n) is 13.8. The molecule has 44 heavy (non-hydrogen) atoms. The number of benzene rings is 3. The third-order valence-electron chi connectivity index (χ3n) is 7.01. The van der Waals surface area contributed by atoms with Gasteiger partial charge in [0.1, 0.15) is 17.5 Å². The molecule has 0 spiro atoms. The summed E-state index contributed by atoms with van der Waals surface area (Å²) in [5, 5.41) is 25.1. The molecule has 0 unspecified atom stereocenters. The quantitative estimate of drug-likeness (QED) is 0.156. The molecular formula is C34H32F3O6Ti-. The first-order valence-corrected chi connectivity index (χ1v) is 13.8. The Morgan fingerprint density at radius 2 is 0.727 bits per heavy atom. The number of rotatable bonds is 3. The molecule has 2 aliphatic rings. The van der Waals surface area contributed by atoms with E-state index >= 15 is 0 Å². The Morgan fingerprint density at radius 1 is 0.477 bits per heavy atom. The van der Waals surface area contributed by atoms with Crippen molar-refractivity contribution in [3.8, 4) is 0 Å². The minimum absolute atomic E-state index is 0. The third kappa shape index (κ3) is 11.2. The summed E-state index contributed by atoms with van der Waals surface area (Å²) in [7, 11) is 0. The zero-order valence-electron chi connectivity index (χ0n) is 23.9. The van der Waals surface area contributed by atoms with E-state index < -0.39 is 35.4 Å². The molecule has 6 nitrogen and oxygen atoms in total. The number of fused-ring (bicyclic) bond motifs is 3. The standard InChI is InChI=1S/C13H17.3C7H5FO2.Ti/c1-3-7-12-10(5-1)9-11-6-2-4-8-13(11)12;3*8-6-3-1-5(2-4-6)7(9)10;/h9H,1-8H2;3*1-4H,(H,9,10);/q-1;;;;. The molecule has 2 aliphatic carbocycles. The fourth-order valence-corrected chi connectivity index (χ4v) is 4.85. The van der Waals surface area contributed by atoms with Crippen LogP contribution in [0.1, 0.15) is 79.0 Å². The smallest absolute Gasteiger partial charge is 0.335 e. The number of aryl methyl sites for hydroxylation is 2. The van der Waals surface area contributed by atoms with Crippen molar-refractivity contribution in [1.29, 1.82) is 0 Å². The van der Waals surface area contributed by atoms with Gasteiger partial charge in [-0.1, -0.05) is 51.4 Å². The number of carboxylic acid groups (broad SMARTS) is 3. The molecule has 4 aromatic rings. The topological polar surface area (TPSA) is 112 Å².